The fourth-order valence-electron chi connectivity index (χ4n) is 2.80. The van der Waals surface area contributed by atoms with E-state index >= 15 is 0 Å². The Labute approximate surface area is 168 Å². The molecule has 28 heavy (non-hydrogen) atoms. The molecule has 0 unspecified atom stereocenters. The van der Waals surface area contributed by atoms with E-state index in [1.54, 1.807) is 54.6 Å². The first-order chi connectivity index (χ1) is 13.5. The zero-order chi connectivity index (χ0) is 19.7. The first-order valence-corrected chi connectivity index (χ1v) is 9.43. The zero-order valence-electron chi connectivity index (χ0n) is 14.6. The monoisotopic (exact) mass is 412 g/mol. The molecule has 1 heterocycles. The van der Waals surface area contributed by atoms with Crippen LogP contribution < -0.4 is 14.4 Å². The zero-order valence-corrected chi connectivity index (χ0v) is 16.2. The fraction of sp³-hybridized carbons (Fsp3) is 0.0476. The number of hydrogen-bond acceptors (Lipinski definition) is 6. The highest BCUT2D eigenvalue weighted by Gasteiger charge is 2.16. The topological polar surface area (TPSA) is 65.7 Å². The predicted octanol–water partition coefficient (Wildman–Crippen LogP) is 5.40. The molecule has 0 amide bonds. The molecule has 0 fully saturated rings. The van der Waals surface area contributed by atoms with E-state index in [9.17, 15) is 9.59 Å². The van der Waals surface area contributed by atoms with Crippen molar-refractivity contribution in [2.24, 2.45) is 0 Å². The van der Waals surface area contributed by atoms with Gasteiger partial charge in [-0.25, -0.2) is 9.59 Å². The first kappa shape index (κ1) is 18.3. The molecule has 0 aliphatic rings. The number of rotatable bonds is 4. The molecular formula is C21H13ClO5S. The molecule has 0 radical (unpaired) electrons. The van der Waals surface area contributed by atoms with Crippen molar-refractivity contribution in [3.63, 3.8) is 0 Å². The standard InChI is InChI=1S/C21H13ClO5S/c1-25-15-7-3-5-13(9-15)20(23)26-16-10-17(12-4-2-6-14(22)8-12)19-18(11-16)28-21(24)27-19/h2-11H,1H3. The summed E-state index contributed by atoms with van der Waals surface area (Å²) in [4.78, 5) is 23.9. The molecule has 0 aliphatic heterocycles. The molecule has 0 aliphatic carbocycles. The van der Waals surface area contributed by atoms with Crippen LogP contribution in [0.15, 0.2) is 69.9 Å². The number of carbonyl (C=O) groups excluding carboxylic acids is 1. The van der Waals surface area contributed by atoms with Crippen molar-refractivity contribution < 1.29 is 18.7 Å². The fourth-order valence-corrected chi connectivity index (χ4v) is 3.71. The van der Waals surface area contributed by atoms with Crippen LogP contribution in [-0.4, -0.2) is 13.1 Å². The van der Waals surface area contributed by atoms with Gasteiger partial charge in [-0.3, -0.25) is 0 Å². The van der Waals surface area contributed by atoms with Gasteiger partial charge in [0.1, 0.15) is 11.5 Å². The Hall–Kier alpha value is -3.09. The molecule has 1 aromatic heterocycles. The highest BCUT2D eigenvalue weighted by molar-refractivity contribution is 7.16. The number of ether oxygens (including phenoxy) is 2. The van der Waals surface area contributed by atoms with Crippen LogP contribution in [0.4, 0.5) is 0 Å². The van der Waals surface area contributed by atoms with Crippen molar-refractivity contribution in [2.45, 2.75) is 0 Å². The summed E-state index contributed by atoms with van der Waals surface area (Å²) in [5, 5.41) is 0.544. The highest BCUT2D eigenvalue weighted by atomic mass is 35.5. The third-order valence-electron chi connectivity index (χ3n) is 4.06. The summed E-state index contributed by atoms with van der Waals surface area (Å²) >= 11 is 7.04. The highest BCUT2D eigenvalue weighted by Crippen LogP contribution is 2.35. The molecule has 140 valence electrons. The molecule has 0 saturated heterocycles. The largest absolute Gasteiger partial charge is 0.497 e. The van der Waals surface area contributed by atoms with Gasteiger partial charge in [0.05, 0.1) is 17.4 Å². The van der Waals surface area contributed by atoms with Crippen LogP contribution in [0.5, 0.6) is 11.5 Å². The van der Waals surface area contributed by atoms with Gasteiger partial charge in [0, 0.05) is 16.7 Å². The number of esters is 1. The summed E-state index contributed by atoms with van der Waals surface area (Å²) < 4.78 is 16.6. The second-order valence-electron chi connectivity index (χ2n) is 5.88. The molecule has 0 atom stereocenters. The maximum Gasteiger partial charge on any atom is 0.396 e. The van der Waals surface area contributed by atoms with Crippen molar-refractivity contribution >= 4 is 39.2 Å². The van der Waals surface area contributed by atoms with Gasteiger partial charge >= 0.3 is 10.9 Å². The van der Waals surface area contributed by atoms with Crippen molar-refractivity contribution in [1.29, 1.82) is 0 Å². The van der Waals surface area contributed by atoms with Gasteiger partial charge in [-0.15, -0.1) is 0 Å². The van der Waals surface area contributed by atoms with Crippen LogP contribution in [0, 0.1) is 0 Å². The predicted molar refractivity (Wildman–Crippen MR) is 109 cm³/mol. The summed E-state index contributed by atoms with van der Waals surface area (Å²) in [5.41, 5.74) is 2.15. The molecular weight excluding hydrogens is 400 g/mol. The van der Waals surface area contributed by atoms with E-state index in [0.29, 0.717) is 37.9 Å². The van der Waals surface area contributed by atoms with E-state index < -0.39 is 10.9 Å². The van der Waals surface area contributed by atoms with Gasteiger partial charge < -0.3 is 13.9 Å². The number of carbonyl (C=O) groups is 1. The maximum atomic E-state index is 12.5. The number of benzene rings is 3. The van der Waals surface area contributed by atoms with Gasteiger partial charge in [-0.2, -0.15) is 0 Å². The van der Waals surface area contributed by atoms with Crippen LogP contribution in [0.2, 0.25) is 5.02 Å². The minimum Gasteiger partial charge on any atom is -0.497 e. The second kappa shape index (κ2) is 7.50. The molecule has 0 spiro atoms. The van der Waals surface area contributed by atoms with E-state index in [1.807, 2.05) is 6.07 Å². The molecule has 0 bridgehead atoms. The number of methoxy groups -OCH3 is 1. The second-order valence-corrected chi connectivity index (χ2v) is 7.30. The summed E-state index contributed by atoms with van der Waals surface area (Å²) in [7, 11) is 1.52. The van der Waals surface area contributed by atoms with E-state index in [-0.39, 0.29) is 0 Å². The van der Waals surface area contributed by atoms with E-state index in [0.717, 1.165) is 16.9 Å². The Morgan fingerprint density at radius 3 is 2.64 bits per heavy atom. The van der Waals surface area contributed by atoms with Gasteiger partial charge in [-0.1, -0.05) is 41.1 Å². The Balaban J connectivity index is 1.77. The summed E-state index contributed by atoms with van der Waals surface area (Å²) in [6.07, 6.45) is 0. The smallest absolute Gasteiger partial charge is 0.396 e. The Kier molecular flexibility index (Phi) is 4.90. The van der Waals surface area contributed by atoms with E-state index in [4.69, 9.17) is 25.5 Å². The van der Waals surface area contributed by atoms with Crippen molar-refractivity contribution in [1.82, 2.24) is 0 Å². The Bertz CT molecular complexity index is 1240. The minimum absolute atomic E-state index is 0.298. The Morgan fingerprint density at radius 1 is 1.04 bits per heavy atom. The van der Waals surface area contributed by atoms with Crippen LogP contribution in [0.25, 0.3) is 21.4 Å². The minimum atomic E-state index is -0.536. The lowest BCUT2D eigenvalue weighted by Gasteiger charge is -2.09. The first-order valence-electron chi connectivity index (χ1n) is 8.23. The molecule has 7 heteroatoms. The molecule has 5 nitrogen and oxygen atoms in total. The van der Waals surface area contributed by atoms with Crippen LogP contribution in [0.1, 0.15) is 10.4 Å². The van der Waals surface area contributed by atoms with Crippen molar-refractivity contribution in [3.8, 4) is 22.6 Å². The lowest BCUT2D eigenvalue weighted by atomic mass is 10.0. The number of halogens is 1. The summed E-state index contributed by atoms with van der Waals surface area (Å²) in [5.74, 6) is 0.316. The third-order valence-corrected chi connectivity index (χ3v) is 5.07. The normalized spacial score (nSPS) is 10.8. The molecule has 0 N–H and O–H groups in total. The quantitative estimate of drug-likeness (QED) is 0.331. The molecule has 4 rings (SSSR count). The van der Waals surface area contributed by atoms with E-state index in [2.05, 4.69) is 0 Å². The van der Waals surface area contributed by atoms with Crippen LogP contribution >= 0.6 is 22.9 Å². The number of hydrogen-bond donors (Lipinski definition) is 0. The summed E-state index contributed by atoms with van der Waals surface area (Å²) in [6.45, 7) is 0. The SMILES string of the molecule is COc1cccc(C(=O)Oc2cc(-c3cccc(Cl)c3)c3oc(=O)sc3c2)c1. The third kappa shape index (κ3) is 3.65. The van der Waals surface area contributed by atoms with Gasteiger partial charge in [0.2, 0.25) is 0 Å². The van der Waals surface area contributed by atoms with E-state index in [1.165, 1.54) is 7.11 Å². The van der Waals surface area contributed by atoms with Crippen LogP contribution in [0.3, 0.4) is 0 Å². The van der Waals surface area contributed by atoms with Gasteiger partial charge in [0.15, 0.2) is 5.58 Å². The average Bonchev–Trinajstić information content (AvgIpc) is 3.07. The van der Waals surface area contributed by atoms with Gasteiger partial charge in [0.25, 0.3) is 0 Å². The Morgan fingerprint density at radius 2 is 1.86 bits per heavy atom. The van der Waals surface area contributed by atoms with Crippen molar-refractivity contribution in [2.75, 3.05) is 7.11 Å². The van der Waals surface area contributed by atoms with Crippen molar-refractivity contribution in [3.05, 3.63) is 81.0 Å². The molecule has 4 aromatic rings. The molecule has 3 aromatic carbocycles. The lowest BCUT2D eigenvalue weighted by molar-refractivity contribution is 0.0734. The maximum absolute atomic E-state index is 12.5. The van der Waals surface area contributed by atoms with Gasteiger partial charge in [-0.05, 0) is 42.0 Å². The number of fused-ring (bicyclic) bond motifs is 1. The molecule has 0 saturated carbocycles. The van der Waals surface area contributed by atoms with Crippen LogP contribution in [-0.2, 0) is 0 Å². The summed E-state index contributed by atoms with van der Waals surface area (Å²) in [6, 6.07) is 17.1. The average molecular weight is 413 g/mol. The lowest BCUT2D eigenvalue weighted by Crippen LogP contribution is -2.08.